The predicted octanol–water partition coefficient (Wildman–Crippen LogP) is 4.04. The lowest BCUT2D eigenvalue weighted by atomic mass is 10.1. The molecule has 0 radical (unpaired) electrons. The van der Waals surface area contributed by atoms with Crippen molar-refractivity contribution in [3.05, 3.63) is 46.8 Å². The zero-order chi connectivity index (χ0) is 14.5. The Morgan fingerprint density at radius 2 is 1.90 bits per heavy atom. The number of hydrogen-bond donors (Lipinski definition) is 1. The summed E-state index contributed by atoms with van der Waals surface area (Å²) in [6, 6.07) is 9.01. The van der Waals surface area contributed by atoms with Crippen molar-refractivity contribution < 1.29 is 4.42 Å². The minimum atomic E-state index is 0.318. The van der Waals surface area contributed by atoms with Crippen LogP contribution in [0.3, 0.4) is 0 Å². The van der Waals surface area contributed by atoms with E-state index in [0.29, 0.717) is 6.04 Å². The van der Waals surface area contributed by atoms with E-state index >= 15 is 0 Å². The molecule has 3 nitrogen and oxygen atoms in total. The molecule has 1 unspecified atom stereocenters. The molecule has 0 aliphatic carbocycles. The molecule has 108 valence electrons. The van der Waals surface area contributed by atoms with Gasteiger partial charge < -0.3 is 9.73 Å². The van der Waals surface area contributed by atoms with E-state index in [2.05, 4.69) is 48.4 Å². The van der Waals surface area contributed by atoms with Crippen LogP contribution in [-0.4, -0.2) is 17.3 Å². The van der Waals surface area contributed by atoms with Crippen LogP contribution in [0, 0.1) is 20.8 Å². The number of rotatable bonds is 6. The van der Waals surface area contributed by atoms with Crippen molar-refractivity contribution in [2.75, 3.05) is 12.3 Å². The second kappa shape index (κ2) is 6.95. The van der Waals surface area contributed by atoms with Crippen LogP contribution in [-0.2, 0) is 0 Å². The summed E-state index contributed by atoms with van der Waals surface area (Å²) < 4.78 is 5.62. The van der Waals surface area contributed by atoms with E-state index < -0.39 is 0 Å². The van der Waals surface area contributed by atoms with E-state index in [1.54, 1.807) is 11.8 Å². The molecule has 1 N–H and O–H groups in total. The lowest BCUT2D eigenvalue weighted by Crippen LogP contribution is -2.22. The van der Waals surface area contributed by atoms with Crippen molar-refractivity contribution in [3.8, 4) is 0 Å². The molecular formula is C16H22N2OS. The van der Waals surface area contributed by atoms with Gasteiger partial charge in [0.25, 0.3) is 5.22 Å². The maximum absolute atomic E-state index is 5.62. The molecule has 0 saturated carbocycles. The number of aromatic nitrogens is 1. The molecule has 0 saturated heterocycles. The Morgan fingerprint density at radius 3 is 2.45 bits per heavy atom. The van der Waals surface area contributed by atoms with Gasteiger partial charge in [-0.1, -0.05) is 48.5 Å². The van der Waals surface area contributed by atoms with Gasteiger partial charge in [-0.3, -0.25) is 0 Å². The van der Waals surface area contributed by atoms with Crippen LogP contribution in [0.2, 0.25) is 0 Å². The Hall–Kier alpha value is -1.26. The topological polar surface area (TPSA) is 38.1 Å². The molecule has 0 fully saturated rings. The Morgan fingerprint density at radius 1 is 1.20 bits per heavy atom. The average molecular weight is 290 g/mol. The average Bonchev–Trinajstić information content (AvgIpc) is 2.75. The molecule has 1 aromatic heterocycles. The van der Waals surface area contributed by atoms with Crippen LogP contribution in [0.4, 0.5) is 0 Å². The molecular weight excluding hydrogens is 268 g/mol. The van der Waals surface area contributed by atoms with Crippen molar-refractivity contribution >= 4 is 11.8 Å². The summed E-state index contributed by atoms with van der Waals surface area (Å²) in [7, 11) is 0. The third kappa shape index (κ3) is 3.87. The van der Waals surface area contributed by atoms with Gasteiger partial charge in [-0.15, -0.1) is 0 Å². The summed E-state index contributed by atoms with van der Waals surface area (Å²) in [6.45, 7) is 9.12. The highest BCUT2D eigenvalue weighted by molar-refractivity contribution is 7.99. The fourth-order valence-electron chi connectivity index (χ4n) is 1.98. The van der Waals surface area contributed by atoms with Gasteiger partial charge in [-0.05, 0) is 32.9 Å². The van der Waals surface area contributed by atoms with E-state index in [4.69, 9.17) is 4.42 Å². The monoisotopic (exact) mass is 290 g/mol. The standard InChI is InChI=1S/C16H22N2OS/c1-5-17-15(14-8-6-11(2)7-9-14)10-20-16-18-12(3)13(4)19-16/h6-9,15,17H,5,10H2,1-4H3. The van der Waals surface area contributed by atoms with Gasteiger partial charge in [0.1, 0.15) is 5.76 Å². The highest BCUT2D eigenvalue weighted by Crippen LogP contribution is 2.26. The van der Waals surface area contributed by atoms with Crippen LogP contribution in [0.15, 0.2) is 33.9 Å². The smallest absolute Gasteiger partial charge is 0.256 e. The third-order valence-electron chi connectivity index (χ3n) is 3.31. The summed E-state index contributed by atoms with van der Waals surface area (Å²) in [5.41, 5.74) is 3.57. The number of thioether (sulfide) groups is 1. The van der Waals surface area contributed by atoms with Crippen molar-refractivity contribution in [2.45, 2.75) is 39.0 Å². The molecule has 2 rings (SSSR count). The minimum absolute atomic E-state index is 0.318. The van der Waals surface area contributed by atoms with Crippen LogP contribution in [0.25, 0.3) is 0 Å². The number of benzene rings is 1. The van der Waals surface area contributed by atoms with Gasteiger partial charge >= 0.3 is 0 Å². The minimum Gasteiger partial charge on any atom is -0.437 e. The summed E-state index contributed by atoms with van der Waals surface area (Å²) in [5.74, 6) is 1.82. The van der Waals surface area contributed by atoms with Crippen molar-refractivity contribution in [3.63, 3.8) is 0 Å². The molecule has 20 heavy (non-hydrogen) atoms. The first-order chi connectivity index (χ1) is 9.60. The van der Waals surface area contributed by atoms with E-state index in [1.807, 2.05) is 13.8 Å². The number of oxazole rings is 1. The van der Waals surface area contributed by atoms with Crippen LogP contribution < -0.4 is 5.32 Å². The number of aryl methyl sites for hydroxylation is 3. The first-order valence-corrected chi connectivity index (χ1v) is 7.95. The molecule has 2 aromatic rings. The molecule has 0 amide bonds. The highest BCUT2D eigenvalue weighted by Gasteiger charge is 2.13. The Balaban J connectivity index is 2.03. The molecule has 1 atom stereocenters. The third-order valence-corrected chi connectivity index (χ3v) is 4.23. The number of hydrogen-bond acceptors (Lipinski definition) is 4. The quantitative estimate of drug-likeness (QED) is 0.815. The molecule has 0 bridgehead atoms. The van der Waals surface area contributed by atoms with Crippen LogP contribution in [0.1, 0.15) is 35.5 Å². The lowest BCUT2D eigenvalue weighted by molar-refractivity contribution is 0.430. The maximum atomic E-state index is 5.62. The zero-order valence-electron chi connectivity index (χ0n) is 12.6. The second-order valence-corrected chi connectivity index (χ2v) is 5.92. The molecule has 1 aromatic carbocycles. The van der Waals surface area contributed by atoms with Crippen LogP contribution in [0.5, 0.6) is 0 Å². The first kappa shape index (κ1) is 15.1. The molecule has 0 spiro atoms. The van der Waals surface area contributed by atoms with Gasteiger partial charge in [0, 0.05) is 11.8 Å². The Bertz CT molecular complexity index is 529. The molecule has 1 heterocycles. The van der Waals surface area contributed by atoms with Gasteiger partial charge in [0.05, 0.1) is 5.69 Å². The van der Waals surface area contributed by atoms with E-state index in [9.17, 15) is 0 Å². The number of nitrogens with one attached hydrogen (secondary N) is 1. The summed E-state index contributed by atoms with van der Waals surface area (Å²) in [4.78, 5) is 4.42. The van der Waals surface area contributed by atoms with E-state index in [-0.39, 0.29) is 0 Å². The molecule has 0 aliphatic heterocycles. The van der Waals surface area contributed by atoms with E-state index in [1.165, 1.54) is 11.1 Å². The van der Waals surface area contributed by atoms with Crippen molar-refractivity contribution in [1.29, 1.82) is 0 Å². The SMILES string of the molecule is CCNC(CSc1nc(C)c(C)o1)c1ccc(C)cc1. The van der Waals surface area contributed by atoms with Crippen molar-refractivity contribution in [1.82, 2.24) is 10.3 Å². The summed E-state index contributed by atoms with van der Waals surface area (Å²) >= 11 is 1.66. The molecule has 4 heteroatoms. The Kier molecular flexibility index (Phi) is 5.26. The summed E-state index contributed by atoms with van der Waals surface area (Å²) in [6.07, 6.45) is 0. The van der Waals surface area contributed by atoms with Gasteiger partial charge in [-0.2, -0.15) is 0 Å². The second-order valence-electron chi connectivity index (χ2n) is 4.95. The predicted molar refractivity (Wildman–Crippen MR) is 84.3 cm³/mol. The lowest BCUT2D eigenvalue weighted by Gasteiger charge is -2.17. The Labute approximate surface area is 125 Å². The first-order valence-electron chi connectivity index (χ1n) is 6.97. The molecule has 0 aliphatic rings. The zero-order valence-corrected chi connectivity index (χ0v) is 13.4. The summed E-state index contributed by atoms with van der Waals surface area (Å²) in [5, 5.41) is 4.28. The number of nitrogens with zero attached hydrogens (tertiary/aromatic N) is 1. The normalized spacial score (nSPS) is 12.6. The fraction of sp³-hybridized carbons (Fsp3) is 0.438. The largest absolute Gasteiger partial charge is 0.437 e. The highest BCUT2D eigenvalue weighted by atomic mass is 32.2. The van der Waals surface area contributed by atoms with Crippen LogP contribution >= 0.6 is 11.8 Å². The van der Waals surface area contributed by atoms with Gasteiger partial charge in [0.15, 0.2) is 0 Å². The van der Waals surface area contributed by atoms with Crippen molar-refractivity contribution in [2.24, 2.45) is 0 Å². The maximum Gasteiger partial charge on any atom is 0.256 e. The van der Waals surface area contributed by atoms with E-state index in [0.717, 1.165) is 29.0 Å². The van der Waals surface area contributed by atoms with Gasteiger partial charge in [0.2, 0.25) is 0 Å². The fourth-order valence-corrected chi connectivity index (χ4v) is 2.98. The van der Waals surface area contributed by atoms with Gasteiger partial charge in [-0.25, -0.2) is 4.98 Å².